The van der Waals surface area contributed by atoms with Crippen molar-refractivity contribution in [3.8, 4) is 5.13 Å². The molecule has 80 valence electrons. The highest BCUT2D eigenvalue weighted by molar-refractivity contribution is 9.10. The van der Waals surface area contributed by atoms with Gasteiger partial charge in [0.25, 0.3) is 0 Å². The number of nitrogens with zero attached hydrogens (tertiary/aromatic N) is 4. The number of rotatable bonds is 2. The number of halogens is 1. The molecule has 0 saturated carbocycles. The topological polar surface area (TPSA) is 69.6 Å². The molecule has 2 aromatic heterocycles. The summed E-state index contributed by atoms with van der Waals surface area (Å²) in [6.45, 7) is 4.34. The van der Waals surface area contributed by atoms with Crippen molar-refractivity contribution in [1.82, 2.24) is 20.0 Å². The summed E-state index contributed by atoms with van der Waals surface area (Å²) in [5.41, 5.74) is 7.45. The van der Waals surface area contributed by atoms with Crippen LogP contribution in [-0.2, 0) is 6.54 Å². The zero-order valence-corrected chi connectivity index (χ0v) is 10.8. The van der Waals surface area contributed by atoms with E-state index in [-0.39, 0.29) is 0 Å². The fourth-order valence-corrected chi connectivity index (χ4v) is 2.19. The summed E-state index contributed by atoms with van der Waals surface area (Å²) in [5, 5.41) is 13.9. The number of aryl methyl sites for hydroxylation is 1. The molecule has 0 spiro atoms. The Labute approximate surface area is 99.4 Å². The first-order valence-corrected chi connectivity index (χ1v) is 5.99. The molecular formula is C8H10BrN5S. The second-order valence-corrected chi connectivity index (χ2v) is 4.91. The van der Waals surface area contributed by atoms with Gasteiger partial charge in [-0.1, -0.05) is 11.3 Å². The monoisotopic (exact) mass is 287 g/mol. The second kappa shape index (κ2) is 3.99. The molecule has 0 aromatic carbocycles. The molecule has 15 heavy (non-hydrogen) atoms. The smallest absolute Gasteiger partial charge is 0.233 e. The summed E-state index contributed by atoms with van der Waals surface area (Å²) >= 11 is 4.92. The van der Waals surface area contributed by atoms with Crippen molar-refractivity contribution >= 4 is 27.3 Å². The minimum atomic E-state index is 0.415. The normalized spacial score (nSPS) is 10.9. The van der Waals surface area contributed by atoms with Crippen LogP contribution >= 0.6 is 27.3 Å². The van der Waals surface area contributed by atoms with Crippen molar-refractivity contribution < 1.29 is 0 Å². The Kier molecular flexibility index (Phi) is 2.85. The predicted molar refractivity (Wildman–Crippen MR) is 62.1 cm³/mol. The summed E-state index contributed by atoms with van der Waals surface area (Å²) in [6.07, 6.45) is 0. The average Bonchev–Trinajstić information content (AvgIpc) is 2.79. The fraction of sp³-hybridized carbons (Fsp3) is 0.375. The Morgan fingerprint density at radius 1 is 1.40 bits per heavy atom. The van der Waals surface area contributed by atoms with Crippen LogP contribution in [0.4, 0.5) is 0 Å². The SMILES string of the molecule is Cc1nn(-c2nnc(CN)s2)c(C)c1Br. The first kappa shape index (κ1) is 10.7. The summed E-state index contributed by atoms with van der Waals surface area (Å²) in [4.78, 5) is 0. The molecule has 2 N–H and O–H groups in total. The van der Waals surface area contributed by atoms with Gasteiger partial charge < -0.3 is 5.73 Å². The molecule has 7 heteroatoms. The lowest BCUT2D eigenvalue weighted by atomic mass is 10.4. The standard InChI is InChI=1S/C8H10BrN5S/c1-4-7(9)5(2)14(13-4)8-12-11-6(3-10)15-8/h3,10H2,1-2H3. The van der Waals surface area contributed by atoms with Crippen LogP contribution in [0.1, 0.15) is 16.4 Å². The van der Waals surface area contributed by atoms with Crippen molar-refractivity contribution in [2.45, 2.75) is 20.4 Å². The van der Waals surface area contributed by atoms with Crippen molar-refractivity contribution in [2.75, 3.05) is 0 Å². The van der Waals surface area contributed by atoms with E-state index in [0.717, 1.165) is 26.0 Å². The van der Waals surface area contributed by atoms with Gasteiger partial charge in [-0.2, -0.15) is 5.10 Å². The molecule has 0 aliphatic carbocycles. The van der Waals surface area contributed by atoms with Gasteiger partial charge in [-0.05, 0) is 29.8 Å². The molecule has 0 fully saturated rings. The second-order valence-electron chi connectivity index (χ2n) is 3.08. The molecule has 0 atom stereocenters. The molecular weight excluding hydrogens is 278 g/mol. The molecule has 0 radical (unpaired) electrons. The maximum absolute atomic E-state index is 5.48. The largest absolute Gasteiger partial charge is 0.324 e. The van der Waals surface area contributed by atoms with Crippen LogP contribution in [0.2, 0.25) is 0 Å². The Balaban J connectivity index is 2.49. The van der Waals surface area contributed by atoms with E-state index in [2.05, 4.69) is 31.2 Å². The molecule has 0 saturated heterocycles. The van der Waals surface area contributed by atoms with Gasteiger partial charge >= 0.3 is 0 Å². The Hall–Kier alpha value is -0.790. The van der Waals surface area contributed by atoms with Crippen LogP contribution in [0.3, 0.4) is 0 Å². The van der Waals surface area contributed by atoms with Gasteiger partial charge in [-0.3, -0.25) is 0 Å². The number of nitrogens with two attached hydrogens (primary N) is 1. The third-order valence-corrected chi connectivity index (χ3v) is 4.08. The molecule has 2 aromatic rings. The first-order valence-electron chi connectivity index (χ1n) is 4.38. The van der Waals surface area contributed by atoms with Crippen LogP contribution < -0.4 is 5.73 Å². The van der Waals surface area contributed by atoms with Crippen LogP contribution in [0.25, 0.3) is 5.13 Å². The van der Waals surface area contributed by atoms with Crippen LogP contribution in [0.15, 0.2) is 4.47 Å². The van der Waals surface area contributed by atoms with Crippen molar-refractivity contribution in [3.05, 3.63) is 20.9 Å². The Bertz CT molecular complexity index is 489. The van der Waals surface area contributed by atoms with Gasteiger partial charge in [0.05, 0.1) is 15.9 Å². The highest BCUT2D eigenvalue weighted by Crippen LogP contribution is 2.24. The van der Waals surface area contributed by atoms with Crippen molar-refractivity contribution in [3.63, 3.8) is 0 Å². The van der Waals surface area contributed by atoms with Gasteiger partial charge in [-0.15, -0.1) is 10.2 Å². The molecule has 0 aliphatic heterocycles. The van der Waals surface area contributed by atoms with E-state index in [4.69, 9.17) is 5.73 Å². The van der Waals surface area contributed by atoms with Crippen molar-refractivity contribution in [2.24, 2.45) is 5.73 Å². The third kappa shape index (κ3) is 1.82. The van der Waals surface area contributed by atoms with E-state index in [1.165, 1.54) is 11.3 Å². The van der Waals surface area contributed by atoms with E-state index in [1.54, 1.807) is 4.68 Å². The number of aromatic nitrogens is 4. The fourth-order valence-electron chi connectivity index (χ4n) is 1.22. The van der Waals surface area contributed by atoms with Gasteiger partial charge in [0.2, 0.25) is 5.13 Å². The van der Waals surface area contributed by atoms with Crippen LogP contribution in [0.5, 0.6) is 0 Å². The number of hydrogen-bond acceptors (Lipinski definition) is 5. The van der Waals surface area contributed by atoms with Gasteiger partial charge in [-0.25, -0.2) is 4.68 Å². The third-order valence-electron chi connectivity index (χ3n) is 2.01. The summed E-state index contributed by atoms with van der Waals surface area (Å²) in [6, 6.07) is 0. The zero-order valence-electron chi connectivity index (χ0n) is 8.36. The molecule has 0 bridgehead atoms. The molecule has 2 heterocycles. The summed E-state index contributed by atoms with van der Waals surface area (Å²) < 4.78 is 2.78. The van der Waals surface area contributed by atoms with Crippen LogP contribution in [-0.4, -0.2) is 20.0 Å². The van der Waals surface area contributed by atoms with E-state index in [9.17, 15) is 0 Å². The Morgan fingerprint density at radius 3 is 2.60 bits per heavy atom. The Morgan fingerprint density at radius 2 is 2.13 bits per heavy atom. The average molecular weight is 288 g/mol. The zero-order chi connectivity index (χ0) is 11.0. The highest BCUT2D eigenvalue weighted by Gasteiger charge is 2.13. The van der Waals surface area contributed by atoms with E-state index >= 15 is 0 Å². The predicted octanol–water partition coefficient (Wildman–Crippen LogP) is 1.56. The molecule has 2 rings (SSSR count). The lowest BCUT2D eigenvalue weighted by Crippen LogP contribution is -1.98. The lowest BCUT2D eigenvalue weighted by Gasteiger charge is -1.96. The maximum atomic E-state index is 5.48. The number of hydrogen-bond donors (Lipinski definition) is 1. The van der Waals surface area contributed by atoms with Crippen molar-refractivity contribution in [1.29, 1.82) is 0 Å². The summed E-state index contributed by atoms with van der Waals surface area (Å²) in [7, 11) is 0. The van der Waals surface area contributed by atoms with Gasteiger partial charge in [0, 0.05) is 6.54 Å². The van der Waals surface area contributed by atoms with E-state index < -0.39 is 0 Å². The van der Waals surface area contributed by atoms with Gasteiger partial charge in [0.15, 0.2) is 0 Å². The first-order chi connectivity index (χ1) is 7.13. The molecule has 0 unspecified atom stereocenters. The molecule has 5 nitrogen and oxygen atoms in total. The highest BCUT2D eigenvalue weighted by atomic mass is 79.9. The summed E-state index contributed by atoms with van der Waals surface area (Å²) in [5.74, 6) is 0. The molecule has 0 aliphatic rings. The minimum Gasteiger partial charge on any atom is -0.324 e. The quantitative estimate of drug-likeness (QED) is 0.910. The van der Waals surface area contributed by atoms with Gasteiger partial charge in [0.1, 0.15) is 5.01 Å². The lowest BCUT2D eigenvalue weighted by molar-refractivity contribution is 0.803. The minimum absolute atomic E-state index is 0.415. The van der Waals surface area contributed by atoms with E-state index in [0.29, 0.717) is 6.54 Å². The van der Waals surface area contributed by atoms with E-state index in [1.807, 2.05) is 13.8 Å². The molecule has 0 amide bonds. The van der Waals surface area contributed by atoms with Crippen LogP contribution in [0, 0.1) is 13.8 Å². The maximum Gasteiger partial charge on any atom is 0.233 e.